The van der Waals surface area contributed by atoms with Gasteiger partial charge in [0.1, 0.15) is 5.75 Å². The molecule has 164 valence electrons. The molecular formula is C23H27N3O5. The van der Waals surface area contributed by atoms with E-state index in [1.807, 2.05) is 18.2 Å². The van der Waals surface area contributed by atoms with Crippen LogP contribution >= 0.6 is 0 Å². The van der Waals surface area contributed by atoms with Gasteiger partial charge in [-0.05, 0) is 36.2 Å². The van der Waals surface area contributed by atoms with E-state index in [1.165, 1.54) is 11.9 Å². The van der Waals surface area contributed by atoms with Crippen molar-refractivity contribution in [2.75, 3.05) is 32.7 Å². The molecule has 0 aromatic heterocycles. The minimum atomic E-state index is -0.786. The number of anilines is 1. The number of benzene rings is 2. The number of fused-ring (bicyclic) bond motifs is 1. The Bertz CT molecular complexity index is 976. The quantitative estimate of drug-likeness (QED) is 0.666. The zero-order valence-corrected chi connectivity index (χ0v) is 17.9. The Labute approximate surface area is 181 Å². The molecule has 1 unspecified atom stereocenters. The Morgan fingerprint density at radius 1 is 1.26 bits per heavy atom. The first-order chi connectivity index (χ1) is 15.0. The molecule has 1 heterocycles. The maximum absolute atomic E-state index is 13.0. The van der Waals surface area contributed by atoms with Crippen LogP contribution in [0.4, 0.5) is 10.5 Å². The van der Waals surface area contributed by atoms with Crippen LogP contribution in [-0.4, -0.2) is 45.9 Å². The van der Waals surface area contributed by atoms with Crippen LogP contribution in [0.1, 0.15) is 11.1 Å². The predicted octanol–water partition coefficient (Wildman–Crippen LogP) is 2.66. The normalized spacial score (nSPS) is 14.7. The van der Waals surface area contributed by atoms with Crippen molar-refractivity contribution in [3.8, 4) is 17.2 Å². The number of carbonyl (C=O) groups is 2. The van der Waals surface area contributed by atoms with Crippen molar-refractivity contribution in [3.63, 3.8) is 0 Å². The van der Waals surface area contributed by atoms with Gasteiger partial charge < -0.3 is 24.8 Å². The average Bonchev–Trinajstić information content (AvgIpc) is 2.81. The lowest BCUT2D eigenvalue weighted by Crippen LogP contribution is -2.52. The van der Waals surface area contributed by atoms with Crippen molar-refractivity contribution in [3.05, 3.63) is 60.2 Å². The third-order valence-electron chi connectivity index (χ3n) is 4.98. The van der Waals surface area contributed by atoms with Crippen molar-refractivity contribution >= 4 is 17.6 Å². The summed E-state index contributed by atoms with van der Waals surface area (Å²) in [4.78, 5) is 26.7. The lowest BCUT2D eigenvalue weighted by Gasteiger charge is -2.34. The first kappa shape index (κ1) is 22.0. The first-order valence-corrected chi connectivity index (χ1v) is 9.89. The number of urea groups is 1. The second-order valence-corrected chi connectivity index (χ2v) is 6.94. The molecule has 0 aliphatic carbocycles. The van der Waals surface area contributed by atoms with Crippen molar-refractivity contribution in [2.24, 2.45) is 0 Å². The number of amides is 3. The summed E-state index contributed by atoms with van der Waals surface area (Å²) in [6, 6.07) is 10.6. The van der Waals surface area contributed by atoms with Gasteiger partial charge in [0.15, 0.2) is 17.6 Å². The SMILES string of the molecule is C=CCc1cc(CNC(=O)N2CC(C(=O)NC)Oc3ccccc32)cc(OC)c1OC. The van der Waals surface area contributed by atoms with Crippen LogP contribution in [0.2, 0.25) is 0 Å². The van der Waals surface area contributed by atoms with Gasteiger partial charge in [0.25, 0.3) is 5.91 Å². The van der Waals surface area contributed by atoms with Gasteiger partial charge in [-0.15, -0.1) is 6.58 Å². The highest BCUT2D eigenvalue weighted by atomic mass is 16.5. The summed E-state index contributed by atoms with van der Waals surface area (Å²) in [5.74, 6) is 1.42. The molecule has 1 aliphatic rings. The van der Waals surface area contributed by atoms with Crippen molar-refractivity contribution in [1.29, 1.82) is 0 Å². The lowest BCUT2D eigenvalue weighted by molar-refractivity contribution is -0.127. The van der Waals surface area contributed by atoms with E-state index < -0.39 is 6.10 Å². The molecule has 3 amide bonds. The molecule has 2 aromatic rings. The molecule has 0 radical (unpaired) electrons. The van der Waals surface area contributed by atoms with Gasteiger partial charge in [0, 0.05) is 19.2 Å². The summed E-state index contributed by atoms with van der Waals surface area (Å²) in [6.07, 6.45) is 1.60. The summed E-state index contributed by atoms with van der Waals surface area (Å²) >= 11 is 0. The maximum Gasteiger partial charge on any atom is 0.322 e. The third-order valence-corrected chi connectivity index (χ3v) is 4.98. The minimum Gasteiger partial charge on any atom is -0.493 e. The fraction of sp³-hybridized carbons (Fsp3) is 0.304. The summed E-state index contributed by atoms with van der Waals surface area (Å²) in [5, 5.41) is 5.49. The zero-order chi connectivity index (χ0) is 22.4. The molecular weight excluding hydrogens is 398 g/mol. The molecule has 1 aliphatic heterocycles. The van der Waals surface area contributed by atoms with Gasteiger partial charge in [-0.2, -0.15) is 0 Å². The van der Waals surface area contributed by atoms with Crippen LogP contribution in [-0.2, 0) is 17.8 Å². The van der Waals surface area contributed by atoms with E-state index in [0.29, 0.717) is 29.4 Å². The number of hydrogen-bond donors (Lipinski definition) is 2. The number of rotatable bonds is 7. The Morgan fingerprint density at radius 3 is 2.71 bits per heavy atom. The van der Waals surface area contributed by atoms with Crippen molar-refractivity contribution < 1.29 is 23.8 Å². The zero-order valence-electron chi connectivity index (χ0n) is 17.9. The smallest absolute Gasteiger partial charge is 0.322 e. The van der Waals surface area contributed by atoms with Crippen molar-refractivity contribution in [1.82, 2.24) is 10.6 Å². The van der Waals surface area contributed by atoms with Gasteiger partial charge in [0.2, 0.25) is 0 Å². The van der Waals surface area contributed by atoms with Gasteiger partial charge in [-0.3, -0.25) is 9.69 Å². The Balaban J connectivity index is 1.81. The topological polar surface area (TPSA) is 89.1 Å². The molecule has 0 saturated heterocycles. The van der Waals surface area contributed by atoms with Crippen LogP contribution < -0.4 is 29.7 Å². The molecule has 8 nitrogen and oxygen atoms in total. The number of allylic oxidation sites excluding steroid dienone is 1. The minimum absolute atomic E-state index is 0.107. The Morgan fingerprint density at radius 2 is 2.03 bits per heavy atom. The van der Waals surface area contributed by atoms with E-state index in [-0.39, 0.29) is 25.0 Å². The van der Waals surface area contributed by atoms with Crippen LogP contribution in [0, 0.1) is 0 Å². The third kappa shape index (κ3) is 4.74. The standard InChI is InChI=1S/C23H27N3O5/c1-5-8-16-11-15(12-19(29-3)21(16)30-4)13-25-23(28)26-14-20(22(27)24-2)31-18-10-7-6-9-17(18)26/h5-7,9-12,20H,1,8,13-14H2,2-4H3,(H,24,27)(H,25,28). The van der Waals surface area contributed by atoms with Crippen molar-refractivity contribution in [2.45, 2.75) is 19.1 Å². The molecule has 2 aromatic carbocycles. The highest BCUT2D eigenvalue weighted by molar-refractivity contribution is 5.96. The van der Waals surface area contributed by atoms with E-state index in [2.05, 4.69) is 17.2 Å². The Kier molecular flexibility index (Phi) is 7.02. The van der Waals surface area contributed by atoms with Crippen LogP contribution in [0.5, 0.6) is 17.2 Å². The predicted molar refractivity (Wildman–Crippen MR) is 118 cm³/mol. The van der Waals surface area contributed by atoms with E-state index in [1.54, 1.807) is 38.5 Å². The number of nitrogens with one attached hydrogen (secondary N) is 2. The number of ether oxygens (including phenoxy) is 3. The average molecular weight is 425 g/mol. The van der Waals surface area contributed by atoms with Crippen LogP contribution in [0.15, 0.2) is 49.1 Å². The highest BCUT2D eigenvalue weighted by Gasteiger charge is 2.33. The number of likely N-dealkylation sites (N-methyl/N-ethyl adjacent to an activating group) is 1. The largest absolute Gasteiger partial charge is 0.493 e. The summed E-state index contributed by atoms with van der Waals surface area (Å²) < 4.78 is 16.7. The fourth-order valence-electron chi connectivity index (χ4n) is 3.51. The molecule has 1 atom stereocenters. The second-order valence-electron chi connectivity index (χ2n) is 6.94. The molecule has 8 heteroatoms. The van der Waals surface area contributed by atoms with E-state index in [0.717, 1.165) is 11.1 Å². The number of carbonyl (C=O) groups excluding carboxylic acids is 2. The fourth-order valence-corrected chi connectivity index (χ4v) is 3.51. The lowest BCUT2D eigenvalue weighted by atomic mass is 10.1. The maximum atomic E-state index is 13.0. The van der Waals surface area contributed by atoms with E-state index in [9.17, 15) is 9.59 Å². The molecule has 0 bridgehead atoms. The van der Waals surface area contributed by atoms with Gasteiger partial charge >= 0.3 is 6.03 Å². The van der Waals surface area contributed by atoms with E-state index >= 15 is 0 Å². The van der Waals surface area contributed by atoms with Crippen LogP contribution in [0.25, 0.3) is 0 Å². The molecule has 3 rings (SSSR count). The second kappa shape index (κ2) is 9.88. The summed E-state index contributed by atoms with van der Waals surface area (Å²) in [6.45, 7) is 4.16. The highest BCUT2D eigenvalue weighted by Crippen LogP contribution is 2.34. The molecule has 0 spiro atoms. The first-order valence-electron chi connectivity index (χ1n) is 9.89. The molecule has 31 heavy (non-hydrogen) atoms. The van der Waals surface area contributed by atoms with E-state index in [4.69, 9.17) is 14.2 Å². The molecule has 0 fully saturated rings. The molecule has 2 N–H and O–H groups in total. The van der Waals surface area contributed by atoms with Crippen LogP contribution in [0.3, 0.4) is 0 Å². The number of para-hydroxylation sites is 2. The van der Waals surface area contributed by atoms with Gasteiger partial charge in [-0.1, -0.05) is 18.2 Å². The number of methoxy groups -OCH3 is 2. The van der Waals surface area contributed by atoms with Gasteiger partial charge in [-0.25, -0.2) is 4.79 Å². The summed E-state index contributed by atoms with van der Waals surface area (Å²) in [5.41, 5.74) is 2.38. The van der Waals surface area contributed by atoms with Gasteiger partial charge in [0.05, 0.1) is 26.5 Å². The molecule has 0 saturated carbocycles. The Hall–Kier alpha value is -3.68. The number of nitrogens with zero attached hydrogens (tertiary/aromatic N) is 1. The summed E-state index contributed by atoms with van der Waals surface area (Å²) in [7, 11) is 4.70. The monoisotopic (exact) mass is 425 g/mol. The number of hydrogen-bond acceptors (Lipinski definition) is 5.